The van der Waals surface area contributed by atoms with Gasteiger partial charge in [-0.05, 0) is 60.3 Å². The molecule has 0 amide bonds. The first-order valence-electron chi connectivity index (χ1n) is 9.95. The predicted molar refractivity (Wildman–Crippen MR) is 106 cm³/mol. The van der Waals surface area contributed by atoms with E-state index in [9.17, 15) is 10.2 Å². The van der Waals surface area contributed by atoms with Crippen molar-refractivity contribution in [2.45, 2.75) is 97.7 Å². The SMILES string of the molecule is CCC(O)N(C(O)CC)C(CC)N(C(CC)N(C)C)C(CC)N(C)C. The van der Waals surface area contributed by atoms with Crippen LogP contribution in [0.2, 0.25) is 0 Å². The fraction of sp³-hybridized carbons (Fsp3) is 1.00. The standard InChI is InChI=1S/C19H44N4O2/c1-10-15(20(6)7)22(16(11-2)21(8)9)17(12-3)23(18(24)13-4)19(25)14-5/h15-19,24-25H,10-14H2,1-9H3. The first-order valence-corrected chi connectivity index (χ1v) is 9.95. The van der Waals surface area contributed by atoms with Gasteiger partial charge in [0.05, 0.1) is 18.5 Å². The molecule has 0 aliphatic heterocycles. The average Bonchev–Trinajstić information content (AvgIpc) is 2.57. The van der Waals surface area contributed by atoms with E-state index in [-0.39, 0.29) is 18.5 Å². The molecule has 0 fully saturated rings. The molecule has 25 heavy (non-hydrogen) atoms. The van der Waals surface area contributed by atoms with Gasteiger partial charge in [-0.2, -0.15) is 0 Å². The summed E-state index contributed by atoms with van der Waals surface area (Å²) < 4.78 is 0. The highest BCUT2D eigenvalue weighted by Gasteiger charge is 2.39. The monoisotopic (exact) mass is 360 g/mol. The molecule has 5 unspecified atom stereocenters. The van der Waals surface area contributed by atoms with Gasteiger partial charge >= 0.3 is 0 Å². The lowest BCUT2D eigenvalue weighted by molar-refractivity contribution is -0.196. The summed E-state index contributed by atoms with van der Waals surface area (Å²) in [5.74, 6) is 0. The van der Waals surface area contributed by atoms with Crippen LogP contribution < -0.4 is 0 Å². The Morgan fingerprint density at radius 3 is 1.04 bits per heavy atom. The van der Waals surface area contributed by atoms with Crippen molar-refractivity contribution in [3.63, 3.8) is 0 Å². The molecule has 0 aliphatic rings. The minimum atomic E-state index is -0.651. The van der Waals surface area contributed by atoms with Crippen LogP contribution in [-0.4, -0.2) is 89.0 Å². The van der Waals surface area contributed by atoms with Crippen LogP contribution in [0.25, 0.3) is 0 Å². The molecular weight excluding hydrogens is 316 g/mol. The maximum atomic E-state index is 10.7. The third kappa shape index (κ3) is 6.45. The molecule has 0 aromatic rings. The van der Waals surface area contributed by atoms with Crippen LogP contribution in [-0.2, 0) is 0 Å². The normalized spacial score (nSPS) is 18.8. The van der Waals surface area contributed by atoms with Gasteiger partial charge < -0.3 is 10.2 Å². The first-order chi connectivity index (χ1) is 11.7. The molecule has 0 radical (unpaired) electrons. The van der Waals surface area contributed by atoms with E-state index in [1.54, 1.807) is 0 Å². The molecule has 5 atom stereocenters. The van der Waals surface area contributed by atoms with Crippen molar-refractivity contribution in [1.29, 1.82) is 0 Å². The highest BCUT2D eigenvalue weighted by Crippen LogP contribution is 2.27. The summed E-state index contributed by atoms with van der Waals surface area (Å²) in [6, 6.07) is 0. The number of hydrogen-bond acceptors (Lipinski definition) is 6. The van der Waals surface area contributed by atoms with Gasteiger partial charge in [0.2, 0.25) is 0 Å². The summed E-state index contributed by atoms with van der Waals surface area (Å²) in [7, 11) is 8.42. The summed E-state index contributed by atoms with van der Waals surface area (Å²) in [5.41, 5.74) is 0. The van der Waals surface area contributed by atoms with Gasteiger partial charge in [0, 0.05) is 0 Å². The highest BCUT2D eigenvalue weighted by atomic mass is 16.3. The van der Waals surface area contributed by atoms with Crippen molar-refractivity contribution in [2.75, 3.05) is 28.2 Å². The van der Waals surface area contributed by atoms with Crippen LogP contribution in [0.5, 0.6) is 0 Å². The van der Waals surface area contributed by atoms with Crippen molar-refractivity contribution in [2.24, 2.45) is 0 Å². The van der Waals surface area contributed by atoms with Gasteiger partial charge in [-0.1, -0.05) is 34.6 Å². The number of aliphatic hydroxyl groups excluding tert-OH is 2. The summed E-state index contributed by atoms with van der Waals surface area (Å²) in [6.45, 7) is 10.5. The van der Waals surface area contributed by atoms with Crippen LogP contribution in [0, 0.1) is 0 Å². The number of aliphatic hydroxyl groups is 2. The summed E-state index contributed by atoms with van der Waals surface area (Å²) in [5, 5.41) is 21.3. The van der Waals surface area contributed by atoms with Crippen LogP contribution in [0.1, 0.15) is 66.7 Å². The zero-order valence-corrected chi connectivity index (χ0v) is 18.1. The van der Waals surface area contributed by atoms with Gasteiger partial charge in [-0.15, -0.1) is 0 Å². The van der Waals surface area contributed by atoms with Crippen molar-refractivity contribution >= 4 is 0 Å². The lowest BCUT2D eigenvalue weighted by Gasteiger charge is -2.52. The quantitative estimate of drug-likeness (QED) is 0.492. The minimum absolute atomic E-state index is 0.0374. The van der Waals surface area contributed by atoms with E-state index in [4.69, 9.17) is 0 Å². The lowest BCUT2D eigenvalue weighted by Crippen LogP contribution is -2.65. The van der Waals surface area contributed by atoms with Crippen molar-refractivity contribution in [1.82, 2.24) is 19.6 Å². The fourth-order valence-corrected chi connectivity index (χ4v) is 3.87. The van der Waals surface area contributed by atoms with Crippen LogP contribution in [0.15, 0.2) is 0 Å². The van der Waals surface area contributed by atoms with E-state index < -0.39 is 12.5 Å². The Morgan fingerprint density at radius 1 is 0.520 bits per heavy atom. The molecule has 2 N–H and O–H groups in total. The zero-order chi connectivity index (χ0) is 19.7. The molecule has 152 valence electrons. The Labute approximate surface area is 156 Å². The number of rotatable bonds is 13. The molecule has 0 heterocycles. The Bertz CT molecular complexity index is 315. The average molecular weight is 361 g/mol. The molecule has 0 bridgehead atoms. The van der Waals surface area contributed by atoms with E-state index >= 15 is 0 Å². The molecule has 0 spiro atoms. The van der Waals surface area contributed by atoms with E-state index in [1.165, 1.54) is 0 Å². The number of nitrogens with zero attached hydrogens (tertiary/aromatic N) is 4. The maximum absolute atomic E-state index is 10.7. The van der Waals surface area contributed by atoms with Gasteiger partial charge in [0.1, 0.15) is 12.5 Å². The van der Waals surface area contributed by atoms with E-state index in [0.717, 1.165) is 19.3 Å². The lowest BCUT2D eigenvalue weighted by atomic mass is 10.1. The third-order valence-corrected chi connectivity index (χ3v) is 5.08. The van der Waals surface area contributed by atoms with Crippen LogP contribution in [0.4, 0.5) is 0 Å². The largest absolute Gasteiger partial charge is 0.378 e. The summed E-state index contributed by atoms with van der Waals surface area (Å²) in [6.07, 6.45) is 3.10. The zero-order valence-electron chi connectivity index (χ0n) is 18.1. The van der Waals surface area contributed by atoms with Gasteiger partial charge in [-0.25, -0.2) is 4.90 Å². The molecule has 0 saturated heterocycles. The molecule has 6 nitrogen and oxygen atoms in total. The topological polar surface area (TPSA) is 53.4 Å². The van der Waals surface area contributed by atoms with Crippen molar-refractivity contribution in [3.05, 3.63) is 0 Å². The minimum Gasteiger partial charge on any atom is -0.378 e. The van der Waals surface area contributed by atoms with E-state index in [1.807, 2.05) is 18.7 Å². The second kappa shape index (κ2) is 12.2. The first kappa shape index (κ1) is 24.8. The van der Waals surface area contributed by atoms with E-state index in [0.29, 0.717) is 12.8 Å². The Kier molecular flexibility index (Phi) is 12.1. The third-order valence-electron chi connectivity index (χ3n) is 5.08. The molecule has 0 aromatic heterocycles. The Morgan fingerprint density at radius 2 is 0.840 bits per heavy atom. The van der Waals surface area contributed by atoms with Crippen LogP contribution in [0.3, 0.4) is 0 Å². The molecule has 0 aromatic carbocycles. The highest BCUT2D eigenvalue weighted by molar-refractivity contribution is 4.84. The summed E-state index contributed by atoms with van der Waals surface area (Å²) >= 11 is 0. The molecule has 0 rings (SSSR count). The van der Waals surface area contributed by atoms with Crippen molar-refractivity contribution in [3.8, 4) is 0 Å². The van der Waals surface area contributed by atoms with E-state index in [2.05, 4.69) is 63.7 Å². The smallest absolute Gasteiger partial charge is 0.110 e. The Hall–Kier alpha value is -0.240. The van der Waals surface area contributed by atoms with Crippen LogP contribution >= 0.6 is 0 Å². The fourth-order valence-electron chi connectivity index (χ4n) is 3.87. The molecule has 0 saturated carbocycles. The second-order valence-corrected chi connectivity index (χ2v) is 7.27. The predicted octanol–water partition coefficient (Wildman–Crippen LogP) is 2.38. The molecular formula is C19H44N4O2. The maximum Gasteiger partial charge on any atom is 0.110 e. The van der Waals surface area contributed by atoms with Crippen molar-refractivity contribution < 1.29 is 10.2 Å². The Balaban J connectivity index is 6.11. The molecule has 6 heteroatoms. The second-order valence-electron chi connectivity index (χ2n) is 7.27. The van der Waals surface area contributed by atoms with Gasteiger partial charge in [0.25, 0.3) is 0 Å². The van der Waals surface area contributed by atoms with Gasteiger partial charge in [-0.3, -0.25) is 14.7 Å². The van der Waals surface area contributed by atoms with Gasteiger partial charge in [0.15, 0.2) is 0 Å². The molecule has 0 aliphatic carbocycles. The summed E-state index contributed by atoms with van der Waals surface area (Å²) in [4.78, 5) is 8.85. The number of hydrogen-bond donors (Lipinski definition) is 2.